The zero-order valence-corrected chi connectivity index (χ0v) is 11.1. The van der Waals surface area contributed by atoms with Crippen LogP contribution in [0.4, 0.5) is 10.5 Å². The van der Waals surface area contributed by atoms with Gasteiger partial charge in [0.2, 0.25) is 0 Å². The molecule has 1 saturated heterocycles. The molecule has 1 aliphatic rings. The van der Waals surface area contributed by atoms with E-state index in [9.17, 15) is 14.7 Å². The first-order valence-electron chi connectivity index (χ1n) is 6.33. The first kappa shape index (κ1) is 13.5. The van der Waals surface area contributed by atoms with E-state index >= 15 is 0 Å². The highest BCUT2D eigenvalue weighted by molar-refractivity contribution is 5.96. The van der Waals surface area contributed by atoms with Crippen molar-refractivity contribution in [1.82, 2.24) is 4.90 Å². The van der Waals surface area contributed by atoms with Gasteiger partial charge in [0.1, 0.15) is 0 Å². The van der Waals surface area contributed by atoms with Gasteiger partial charge in [0.15, 0.2) is 5.78 Å². The molecule has 1 aromatic carbocycles. The quantitative estimate of drug-likeness (QED) is 0.798. The third-order valence-corrected chi connectivity index (χ3v) is 3.31. The second-order valence-electron chi connectivity index (χ2n) is 4.90. The third-order valence-electron chi connectivity index (χ3n) is 3.31. The van der Waals surface area contributed by atoms with E-state index in [2.05, 4.69) is 5.32 Å². The number of nitrogens with zero attached hydrogens (tertiary/aromatic N) is 1. The molecule has 0 unspecified atom stereocenters. The number of ketones is 1. The molecule has 0 aromatic heterocycles. The number of rotatable bonds is 2. The maximum absolute atomic E-state index is 11.9. The van der Waals surface area contributed by atoms with E-state index in [-0.39, 0.29) is 11.8 Å². The second-order valence-corrected chi connectivity index (χ2v) is 4.90. The molecule has 1 atom stereocenters. The van der Waals surface area contributed by atoms with Gasteiger partial charge >= 0.3 is 6.03 Å². The zero-order valence-electron chi connectivity index (χ0n) is 11.1. The summed E-state index contributed by atoms with van der Waals surface area (Å²) in [5, 5.41) is 12.2. The smallest absolute Gasteiger partial charge is 0.321 e. The molecule has 2 amide bonds. The van der Waals surface area contributed by atoms with Gasteiger partial charge in [0, 0.05) is 24.3 Å². The Kier molecular flexibility index (Phi) is 3.85. The minimum absolute atomic E-state index is 0.0121. The van der Waals surface area contributed by atoms with Crippen LogP contribution in [0.1, 0.15) is 29.3 Å². The lowest BCUT2D eigenvalue weighted by molar-refractivity contribution is 0.101. The fourth-order valence-corrected chi connectivity index (χ4v) is 2.27. The Hall–Kier alpha value is -1.88. The van der Waals surface area contributed by atoms with Crippen LogP contribution in [0.3, 0.4) is 0 Å². The van der Waals surface area contributed by atoms with E-state index in [0.717, 1.165) is 5.56 Å². The van der Waals surface area contributed by atoms with Gasteiger partial charge in [0.25, 0.3) is 0 Å². The third kappa shape index (κ3) is 3.12. The molecule has 102 valence electrons. The number of hydrogen-bond donors (Lipinski definition) is 2. The van der Waals surface area contributed by atoms with E-state index in [1.165, 1.54) is 6.92 Å². The average Bonchev–Trinajstić information content (AvgIpc) is 2.75. The molecule has 0 saturated carbocycles. The molecule has 1 fully saturated rings. The Morgan fingerprint density at radius 1 is 1.42 bits per heavy atom. The normalized spacial score (nSPS) is 18.5. The molecule has 2 rings (SSSR count). The van der Waals surface area contributed by atoms with Crippen molar-refractivity contribution in [2.24, 2.45) is 0 Å². The largest absolute Gasteiger partial charge is 0.391 e. The molecule has 5 nitrogen and oxygen atoms in total. The number of nitrogens with one attached hydrogen (secondary N) is 1. The molecule has 0 aliphatic carbocycles. The fraction of sp³-hybridized carbons (Fsp3) is 0.429. The first-order valence-corrected chi connectivity index (χ1v) is 6.33. The van der Waals surface area contributed by atoms with Crippen molar-refractivity contribution < 1.29 is 14.7 Å². The number of aliphatic hydroxyl groups excluding tert-OH is 1. The lowest BCUT2D eigenvalue weighted by Crippen LogP contribution is -2.33. The number of aryl methyl sites for hydroxylation is 1. The number of amides is 2. The summed E-state index contributed by atoms with van der Waals surface area (Å²) in [6.45, 7) is 4.30. The van der Waals surface area contributed by atoms with Gasteiger partial charge < -0.3 is 15.3 Å². The Morgan fingerprint density at radius 2 is 2.16 bits per heavy atom. The van der Waals surface area contributed by atoms with E-state index in [4.69, 9.17) is 0 Å². The van der Waals surface area contributed by atoms with Crippen molar-refractivity contribution >= 4 is 17.5 Å². The van der Waals surface area contributed by atoms with Crippen LogP contribution in [0.5, 0.6) is 0 Å². The van der Waals surface area contributed by atoms with Gasteiger partial charge in [-0.1, -0.05) is 0 Å². The SMILES string of the molecule is CC(=O)c1ccc(NC(=O)N2CC[C@@H](O)C2)cc1C. The molecule has 5 heteroatoms. The number of benzene rings is 1. The van der Waals surface area contributed by atoms with Gasteiger partial charge in [0.05, 0.1) is 6.10 Å². The zero-order chi connectivity index (χ0) is 14.0. The van der Waals surface area contributed by atoms with Crippen LogP contribution in [0.15, 0.2) is 18.2 Å². The molecule has 1 aromatic rings. The standard InChI is InChI=1S/C14H18N2O3/c1-9-7-11(3-4-13(9)10(2)17)15-14(19)16-6-5-12(18)8-16/h3-4,7,12,18H,5-6,8H2,1-2H3,(H,15,19)/t12-/m1/s1. The first-order chi connectivity index (χ1) is 8.97. The van der Waals surface area contributed by atoms with E-state index in [1.54, 1.807) is 23.1 Å². The lowest BCUT2D eigenvalue weighted by atomic mass is 10.1. The number of likely N-dealkylation sites (tertiary alicyclic amines) is 1. The molecule has 0 radical (unpaired) electrons. The summed E-state index contributed by atoms with van der Waals surface area (Å²) in [5.74, 6) is 0.0121. The molecule has 0 spiro atoms. The number of aliphatic hydroxyl groups is 1. The Labute approximate surface area is 112 Å². The summed E-state index contributed by atoms with van der Waals surface area (Å²) in [6.07, 6.45) is 0.197. The topological polar surface area (TPSA) is 69.6 Å². The number of hydrogen-bond acceptors (Lipinski definition) is 3. The van der Waals surface area contributed by atoms with Crippen LogP contribution in [0.25, 0.3) is 0 Å². The number of anilines is 1. The lowest BCUT2D eigenvalue weighted by Gasteiger charge is -2.17. The maximum Gasteiger partial charge on any atom is 0.321 e. The number of Topliss-reactive ketones (excluding diaryl/α,β-unsaturated/α-hetero) is 1. The van der Waals surface area contributed by atoms with Gasteiger partial charge in [-0.3, -0.25) is 4.79 Å². The molecule has 19 heavy (non-hydrogen) atoms. The number of β-amino-alcohol motifs (C(OH)–C–C–N with tert-alkyl or cyclic N) is 1. The summed E-state index contributed by atoms with van der Waals surface area (Å²) in [7, 11) is 0. The van der Waals surface area contributed by atoms with Crippen LogP contribution in [-0.2, 0) is 0 Å². The van der Waals surface area contributed by atoms with Crippen molar-refractivity contribution in [2.75, 3.05) is 18.4 Å². The van der Waals surface area contributed by atoms with Crippen molar-refractivity contribution in [3.63, 3.8) is 0 Å². The van der Waals surface area contributed by atoms with Gasteiger partial charge in [-0.2, -0.15) is 0 Å². The monoisotopic (exact) mass is 262 g/mol. The summed E-state index contributed by atoms with van der Waals surface area (Å²) >= 11 is 0. The molecule has 0 bridgehead atoms. The predicted molar refractivity (Wildman–Crippen MR) is 72.4 cm³/mol. The Balaban J connectivity index is 2.05. The van der Waals surface area contributed by atoms with Crippen molar-refractivity contribution in [2.45, 2.75) is 26.4 Å². The van der Waals surface area contributed by atoms with Crippen LogP contribution >= 0.6 is 0 Å². The summed E-state index contributed by atoms with van der Waals surface area (Å²) in [5.41, 5.74) is 2.16. The van der Waals surface area contributed by atoms with Crippen LogP contribution in [-0.4, -0.2) is 41.0 Å². The Morgan fingerprint density at radius 3 is 2.68 bits per heavy atom. The minimum Gasteiger partial charge on any atom is -0.391 e. The number of urea groups is 1. The minimum atomic E-state index is -0.424. The van der Waals surface area contributed by atoms with Gasteiger partial charge in [-0.25, -0.2) is 4.79 Å². The molecular formula is C14H18N2O3. The summed E-state index contributed by atoms with van der Waals surface area (Å²) in [4.78, 5) is 24.8. The highest BCUT2D eigenvalue weighted by Gasteiger charge is 2.24. The molecule has 1 heterocycles. The Bertz CT molecular complexity index is 513. The predicted octanol–water partition coefficient (Wildman–Crippen LogP) is 1.80. The summed E-state index contributed by atoms with van der Waals surface area (Å²) < 4.78 is 0. The van der Waals surface area contributed by atoms with E-state index in [0.29, 0.717) is 30.8 Å². The van der Waals surface area contributed by atoms with Crippen LogP contribution in [0.2, 0.25) is 0 Å². The van der Waals surface area contributed by atoms with Gasteiger partial charge in [-0.15, -0.1) is 0 Å². The average molecular weight is 262 g/mol. The van der Waals surface area contributed by atoms with Crippen molar-refractivity contribution in [3.05, 3.63) is 29.3 Å². The molecular weight excluding hydrogens is 244 g/mol. The van der Waals surface area contributed by atoms with Crippen molar-refractivity contribution in [3.8, 4) is 0 Å². The number of carbonyl (C=O) groups excluding carboxylic acids is 2. The maximum atomic E-state index is 11.9. The van der Waals surface area contributed by atoms with Crippen LogP contribution < -0.4 is 5.32 Å². The highest BCUT2D eigenvalue weighted by Crippen LogP contribution is 2.17. The van der Waals surface area contributed by atoms with Crippen LogP contribution in [0, 0.1) is 6.92 Å². The van der Waals surface area contributed by atoms with Gasteiger partial charge in [-0.05, 0) is 44.0 Å². The van der Waals surface area contributed by atoms with Crippen molar-refractivity contribution in [1.29, 1.82) is 0 Å². The molecule has 2 N–H and O–H groups in total. The fourth-order valence-electron chi connectivity index (χ4n) is 2.27. The second kappa shape index (κ2) is 5.40. The summed E-state index contributed by atoms with van der Waals surface area (Å²) in [6, 6.07) is 4.99. The highest BCUT2D eigenvalue weighted by atomic mass is 16.3. The van der Waals surface area contributed by atoms with E-state index < -0.39 is 6.10 Å². The number of carbonyl (C=O) groups is 2. The molecule has 1 aliphatic heterocycles. The van der Waals surface area contributed by atoms with E-state index in [1.807, 2.05) is 6.92 Å².